The predicted octanol–water partition coefficient (Wildman–Crippen LogP) is 4.82. The Morgan fingerprint density at radius 2 is 0.952 bits per heavy atom. The van der Waals surface area contributed by atoms with E-state index in [1.807, 2.05) is 24.3 Å². The number of rotatable bonds is 3. The number of benzene rings is 3. The molecule has 0 aliphatic rings. The lowest BCUT2D eigenvalue weighted by Crippen LogP contribution is -2.11. The molecule has 0 aliphatic carbocycles. The summed E-state index contributed by atoms with van der Waals surface area (Å²) in [4.78, 5) is 0. The molecule has 0 spiro atoms. The van der Waals surface area contributed by atoms with Gasteiger partial charge in [-0.2, -0.15) is 0 Å². The summed E-state index contributed by atoms with van der Waals surface area (Å²) in [6.07, 6.45) is 0. The van der Waals surface area contributed by atoms with Crippen molar-refractivity contribution in [3.05, 3.63) is 96.1 Å². The smallest absolute Gasteiger partial charge is 0.0551 e. The highest BCUT2D eigenvalue weighted by molar-refractivity contribution is 5.85. The van der Waals surface area contributed by atoms with Gasteiger partial charge in [0.1, 0.15) is 0 Å². The van der Waals surface area contributed by atoms with Gasteiger partial charge in [0.15, 0.2) is 0 Å². The van der Waals surface area contributed by atoms with Crippen molar-refractivity contribution in [3.8, 4) is 11.1 Å². The molecule has 2 N–H and O–H groups in total. The Bertz CT molecular complexity index is 663. The highest BCUT2D eigenvalue weighted by atomic mass is 35.5. The zero-order valence-electron chi connectivity index (χ0n) is 11.6. The van der Waals surface area contributed by atoms with Gasteiger partial charge in [-0.05, 0) is 22.3 Å². The van der Waals surface area contributed by atoms with Gasteiger partial charge in [-0.15, -0.1) is 12.4 Å². The molecule has 3 rings (SSSR count). The van der Waals surface area contributed by atoms with Crippen LogP contribution in [-0.2, 0) is 0 Å². The van der Waals surface area contributed by atoms with Gasteiger partial charge >= 0.3 is 0 Å². The molecule has 0 aliphatic heterocycles. The maximum Gasteiger partial charge on any atom is 0.0551 e. The van der Waals surface area contributed by atoms with E-state index >= 15 is 0 Å². The fourth-order valence-corrected chi connectivity index (χ4v) is 2.37. The summed E-state index contributed by atoms with van der Waals surface area (Å²) >= 11 is 0. The fourth-order valence-electron chi connectivity index (χ4n) is 2.37. The minimum atomic E-state index is -0.0685. The normalized spacial score (nSPS) is 11.5. The Kier molecular flexibility index (Phi) is 5.15. The van der Waals surface area contributed by atoms with Gasteiger partial charge in [0.2, 0.25) is 0 Å². The lowest BCUT2D eigenvalue weighted by molar-refractivity contribution is 0.872. The van der Waals surface area contributed by atoms with Crippen LogP contribution >= 0.6 is 12.4 Å². The first-order valence-electron chi connectivity index (χ1n) is 6.80. The van der Waals surface area contributed by atoms with Gasteiger partial charge in [-0.3, -0.25) is 0 Å². The van der Waals surface area contributed by atoms with E-state index in [0.29, 0.717) is 0 Å². The highest BCUT2D eigenvalue weighted by Gasteiger charge is 2.08. The minimum absolute atomic E-state index is 0. The van der Waals surface area contributed by atoms with Gasteiger partial charge in [0.05, 0.1) is 6.04 Å². The standard InChI is InChI=1S/C19H17N.ClH/c20-19(17-9-5-2-6-10-17)18-13-11-16(12-14-18)15-7-3-1-4-8-15;/h1-14,19H,20H2;1H. The van der Waals surface area contributed by atoms with Crippen molar-refractivity contribution in [2.75, 3.05) is 0 Å². The van der Waals surface area contributed by atoms with Gasteiger partial charge in [-0.1, -0.05) is 84.9 Å². The Hall–Kier alpha value is -2.09. The van der Waals surface area contributed by atoms with E-state index in [1.54, 1.807) is 0 Å². The van der Waals surface area contributed by atoms with Crippen LogP contribution < -0.4 is 5.73 Å². The molecule has 106 valence electrons. The molecule has 2 heteroatoms. The van der Waals surface area contributed by atoms with E-state index in [0.717, 1.165) is 11.1 Å². The van der Waals surface area contributed by atoms with Crippen LogP contribution in [0.4, 0.5) is 0 Å². The van der Waals surface area contributed by atoms with Crippen LogP contribution in [0, 0.1) is 0 Å². The van der Waals surface area contributed by atoms with Crippen molar-refractivity contribution < 1.29 is 0 Å². The topological polar surface area (TPSA) is 26.0 Å². The lowest BCUT2D eigenvalue weighted by atomic mass is 9.97. The zero-order chi connectivity index (χ0) is 13.8. The second kappa shape index (κ2) is 7.07. The first-order chi connectivity index (χ1) is 9.84. The summed E-state index contributed by atoms with van der Waals surface area (Å²) in [6, 6.07) is 29.0. The van der Waals surface area contributed by atoms with E-state index in [9.17, 15) is 0 Å². The molecule has 1 atom stereocenters. The van der Waals surface area contributed by atoms with Crippen LogP contribution in [0.5, 0.6) is 0 Å². The number of hydrogen-bond acceptors (Lipinski definition) is 1. The Labute approximate surface area is 131 Å². The first-order valence-corrected chi connectivity index (χ1v) is 6.80. The van der Waals surface area contributed by atoms with E-state index < -0.39 is 0 Å². The highest BCUT2D eigenvalue weighted by Crippen LogP contribution is 2.24. The quantitative estimate of drug-likeness (QED) is 0.736. The molecule has 1 nitrogen and oxygen atoms in total. The Morgan fingerprint density at radius 1 is 0.524 bits per heavy atom. The molecule has 3 aromatic rings. The number of halogens is 1. The summed E-state index contributed by atoms with van der Waals surface area (Å²) < 4.78 is 0. The maximum absolute atomic E-state index is 6.31. The summed E-state index contributed by atoms with van der Waals surface area (Å²) in [5, 5.41) is 0. The molecule has 0 saturated heterocycles. The van der Waals surface area contributed by atoms with Gasteiger partial charge in [0, 0.05) is 0 Å². The Balaban J connectivity index is 0.00000161. The van der Waals surface area contributed by atoms with Gasteiger partial charge in [0.25, 0.3) is 0 Å². The summed E-state index contributed by atoms with van der Waals surface area (Å²) in [7, 11) is 0. The molecule has 0 heterocycles. The van der Waals surface area contributed by atoms with Crippen molar-refractivity contribution in [1.29, 1.82) is 0 Å². The lowest BCUT2D eigenvalue weighted by Gasteiger charge is -2.13. The maximum atomic E-state index is 6.31. The van der Waals surface area contributed by atoms with E-state index in [1.165, 1.54) is 11.1 Å². The van der Waals surface area contributed by atoms with Gasteiger partial charge in [-0.25, -0.2) is 0 Å². The number of hydrogen-bond donors (Lipinski definition) is 1. The summed E-state index contributed by atoms with van der Waals surface area (Å²) in [6.45, 7) is 0. The predicted molar refractivity (Wildman–Crippen MR) is 91.6 cm³/mol. The van der Waals surface area contributed by atoms with Crippen LogP contribution in [0.15, 0.2) is 84.9 Å². The third kappa shape index (κ3) is 3.52. The summed E-state index contributed by atoms with van der Waals surface area (Å²) in [5.41, 5.74) is 11.0. The molecule has 0 fully saturated rings. The van der Waals surface area contributed by atoms with Crippen molar-refractivity contribution in [2.24, 2.45) is 5.73 Å². The molecule has 0 radical (unpaired) electrons. The molecule has 3 aromatic carbocycles. The van der Waals surface area contributed by atoms with Crippen molar-refractivity contribution >= 4 is 12.4 Å². The number of nitrogens with two attached hydrogens (primary N) is 1. The Morgan fingerprint density at radius 3 is 1.52 bits per heavy atom. The van der Waals surface area contributed by atoms with E-state index in [-0.39, 0.29) is 18.4 Å². The first kappa shape index (κ1) is 15.3. The van der Waals surface area contributed by atoms with Crippen molar-refractivity contribution in [3.63, 3.8) is 0 Å². The van der Waals surface area contributed by atoms with Crippen molar-refractivity contribution in [2.45, 2.75) is 6.04 Å². The van der Waals surface area contributed by atoms with Crippen LogP contribution in [-0.4, -0.2) is 0 Å². The molecule has 0 saturated carbocycles. The van der Waals surface area contributed by atoms with Crippen LogP contribution in [0.25, 0.3) is 11.1 Å². The molecule has 0 bridgehead atoms. The van der Waals surface area contributed by atoms with Crippen LogP contribution in [0.1, 0.15) is 17.2 Å². The van der Waals surface area contributed by atoms with Crippen LogP contribution in [0.3, 0.4) is 0 Å². The third-order valence-electron chi connectivity index (χ3n) is 3.54. The molecular formula is C19H18ClN. The fraction of sp³-hybridized carbons (Fsp3) is 0.0526. The molecule has 0 amide bonds. The molecule has 0 aromatic heterocycles. The third-order valence-corrected chi connectivity index (χ3v) is 3.54. The molecule has 21 heavy (non-hydrogen) atoms. The second-order valence-electron chi connectivity index (χ2n) is 4.88. The monoisotopic (exact) mass is 295 g/mol. The zero-order valence-corrected chi connectivity index (χ0v) is 12.5. The second-order valence-corrected chi connectivity index (χ2v) is 4.88. The van der Waals surface area contributed by atoms with Crippen molar-refractivity contribution in [1.82, 2.24) is 0 Å². The average molecular weight is 296 g/mol. The van der Waals surface area contributed by atoms with Crippen LogP contribution in [0.2, 0.25) is 0 Å². The van der Waals surface area contributed by atoms with E-state index in [2.05, 4.69) is 60.7 Å². The molecule has 1 unspecified atom stereocenters. The average Bonchev–Trinajstić information content (AvgIpc) is 2.56. The SMILES string of the molecule is Cl.NC(c1ccccc1)c1ccc(-c2ccccc2)cc1. The largest absolute Gasteiger partial charge is 0.320 e. The summed E-state index contributed by atoms with van der Waals surface area (Å²) in [5.74, 6) is 0. The molecular weight excluding hydrogens is 278 g/mol. The van der Waals surface area contributed by atoms with Gasteiger partial charge < -0.3 is 5.73 Å². The minimum Gasteiger partial charge on any atom is -0.320 e. The van der Waals surface area contributed by atoms with E-state index in [4.69, 9.17) is 5.73 Å².